The Morgan fingerprint density at radius 3 is 2.50 bits per heavy atom. The van der Waals surface area contributed by atoms with Crippen molar-refractivity contribution in [3.05, 3.63) is 59.7 Å². The van der Waals surface area contributed by atoms with Gasteiger partial charge < -0.3 is 4.74 Å². The van der Waals surface area contributed by atoms with Crippen molar-refractivity contribution in [2.45, 2.75) is 32.4 Å². The molecular weight excluding hydrogens is 328 g/mol. The number of fused-ring (bicyclic) bond motifs is 1. The lowest BCUT2D eigenvalue weighted by molar-refractivity contribution is -0.123. The number of rotatable bonds is 4. The van der Waals surface area contributed by atoms with E-state index in [1.54, 1.807) is 24.3 Å². The first-order chi connectivity index (χ1) is 12.7. The highest BCUT2D eigenvalue weighted by atomic mass is 16.5. The minimum atomic E-state index is -0.373. The first kappa shape index (κ1) is 16.8. The standard InChI is InChI=1S/C21H22N2O3/c1-2-26-18-9-7-17(8-10-18)23-20(24)13-19(21(23)25)22-12-11-15-5-3-4-6-16(15)14-22/h3-10,19H,2,11-14H2,1H3/t19-/m0/s1. The summed E-state index contributed by atoms with van der Waals surface area (Å²) in [5.74, 6) is 0.473. The summed E-state index contributed by atoms with van der Waals surface area (Å²) in [7, 11) is 0. The normalized spacial score (nSPS) is 20.3. The SMILES string of the molecule is CCOc1ccc(N2C(=O)C[C@H](N3CCc4ccccc4C3)C2=O)cc1. The fourth-order valence-electron chi connectivity index (χ4n) is 3.81. The van der Waals surface area contributed by atoms with Gasteiger partial charge in [-0.05, 0) is 48.7 Å². The van der Waals surface area contributed by atoms with Crippen molar-refractivity contribution in [2.24, 2.45) is 0 Å². The molecule has 1 atom stereocenters. The Morgan fingerprint density at radius 2 is 1.77 bits per heavy atom. The zero-order valence-electron chi connectivity index (χ0n) is 14.9. The molecule has 5 heteroatoms. The molecule has 4 rings (SSSR count). The number of benzene rings is 2. The van der Waals surface area contributed by atoms with Gasteiger partial charge in [0, 0.05) is 13.1 Å². The molecule has 0 unspecified atom stereocenters. The van der Waals surface area contributed by atoms with Gasteiger partial charge in [-0.25, -0.2) is 4.90 Å². The second-order valence-electron chi connectivity index (χ2n) is 6.70. The summed E-state index contributed by atoms with van der Waals surface area (Å²) in [6.45, 7) is 4.02. The molecule has 0 saturated carbocycles. The molecule has 2 heterocycles. The van der Waals surface area contributed by atoms with Crippen LogP contribution in [0.2, 0.25) is 0 Å². The fourth-order valence-corrected chi connectivity index (χ4v) is 3.81. The highest BCUT2D eigenvalue weighted by molar-refractivity contribution is 6.22. The Hall–Kier alpha value is -2.66. The zero-order chi connectivity index (χ0) is 18.1. The molecule has 0 aliphatic carbocycles. The van der Waals surface area contributed by atoms with E-state index in [4.69, 9.17) is 4.74 Å². The molecular formula is C21H22N2O3. The Kier molecular flexibility index (Phi) is 4.47. The van der Waals surface area contributed by atoms with Crippen LogP contribution in [0.25, 0.3) is 0 Å². The molecule has 0 bridgehead atoms. The maximum atomic E-state index is 13.0. The smallest absolute Gasteiger partial charge is 0.251 e. The third-order valence-electron chi connectivity index (χ3n) is 5.13. The Balaban J connectivity index is 1.52. The monoisotopic (exact) mass is 350 g/mol. The third kappa shape index (κ3) is 2.99. The van der Waals surface area contributed by atoms with E-state index in [0.717, 1.165) is 25.3 Å². The van der Waals surface area contributed by atoms with Gasteiger partial charge in [0.05, 0.1) is 24.8 Å². The summed E-state index contributed by atoms with van der Waals surface area (Å²) < 4.78 is 5.43. The van der Waals surface area contributed by atoms with Crippen LogP contribution in [0.15, 0.2) is 48.5 Å². The summed E-state index contributed by atoms with van der Waals surface area (Å²) in [6, 6.07) is 15.1. The molecule has 2 aromatic carbocycles. The second kappa shape index (κ2) is 6.92. The van der Waals surface area contributed by atoms with Crippen LogP contribution in [0.3, 0.4) is 0 Å². The summed E-state index contributed by atoms with van der Waals surface area (Å²) >= 11 is 0. The molecule has 0 aromatic heterocycles. The van der Waals surface area contributed by atoms with Gasteiger partial charge in [-0.1, -0.05) is 24.3 Å². The topological polar surface area (TPSA) is 49.9 Å². The lowest BCUT2D eigenvalue weighted by atomic mass is 9.98. The molecule has 26 heavy (non-hydrogen) atoms. The van der Waals surface area contributed by atoms with Gasteiger partial charge in [0.25, 0.3) is 5.91 Å². The van der Waals surface area contributed by atoms with Gasteiger partial charge in [-0.2, -0.15) is 0 Å². The van der Waals surface area contributed by atoms with Crippen LogP contribution in [0.5, 0.6) is 5.75 Å². The van der Waals surface area contributed by atoms with Gasteiger partial charge in [0.1, 0.15) is 5.75 Å². The van der Waals surface area contributed by atoms with Crippen molar-refractivity contribution in [2.75, 3.05) is 18.1 Å². The number of hydrogen-bond donors (Lipinski definition) is 0. The molecule has 0 N–H and O–H groups in total. The summed E-state index contributed by atoms with van der Waals surface area (Å²) in [5, 5.41) is 0. The van der Waals surface area contributed by atoms with Crippen LogP contribution in [0.1, 0.15) is 24.5 Å². The molecule has 2 amide bonds. The van der Waals surface area contributed by atoms with E-state index in [1.165, 1.54) is 16.0 Å². The lowest BCUT2D eigenvalue weighted by Crippen LogP contribution is -2.44. The van der Waals surface area contributed by atoms with Gasteiger partial charge in [-0.3, -0.25) is 14.5 Å². The summed E-state index contributed by atoms with van der Waals surface area (Å²) in [5.41, 5.74) is 3.20. The first-order valence-electron chi connectivity index (χ1n) is 9.08. The number of imide groups is 1. The quantitative estimate of drug-likeness (QED) is 0.796. The second-order valence-corrected chi connectivity index (χ2v) is 6.70. The summed E-state index contributed by atoms with van der Waals surface area (Å²) in [6.07, 6.45) is 1.16. The maximum absolute atomic E-state index is 13.0. The van der Waals surface area contributed by atoms with Crippen molar-refractivity contribution in [3.8, 4) is 5.75 Å². The van der Waals surface area contributed by atoms with Crippen molar-refractivity contribution >= 4 is 17.5 Å². The number of amides is 2. The van der Waals surface area contributed by atoms with Crippen molar-refractivity contribution in [1.82, 2.24) is 4.90 Å². The summed E-state index contributed by atoms with van der Waals surface area (Å²) in [4.78, 5) is 29.0. The molecule has 0 spiro atoms. The third-order valence-corrected chi connectivity index (χ3v) is 5.13. The highest BCUT2D eigenvalue weighted by Gasteiger charge is 2.43. The van der Waals surface area contributed by atoms with Crippen LogP contribution >= 0.6 is 0 Å². The van der Waals surface area contributed by atoms with Gasteiger partial charge >= 0.3 is 0 Å². The van der Waals surface area contributed by atoms with Crippen LogP contribution in [0, 0.1) is 0 Å². The van der Waals surface area contributed by atoms with Crippen LogP contribution < -0.4 is 9.64 Å². The van der Waals surface area contributed by atoms with Crippen LogP contribution in [0.4, 0.5) is 5.69 Å². The molecule has 2 aliphatic rings. The van der Waals surface area contributed by atoms with E-state index in [2.05, 4.69) is 17.0 Å². The van der Waals surface area contributed by atoms with Crippen molar-refractivity contribution in [3.63, 3.8) is 0 Å². The number of nitrogens with zero attached hydrogens (tertiary/aromatic N) is 2. The first-order valence-corrected chi connectivity index (χ1v) is 9.08. The van der Waals surface area contributed by atoms with E-state index in [9.17, 15) is 9.59 Å². The predicted molar refractivity (Wildman–Crippen MR) is 99.1 cm³/mol. The number of hydrogen-bond acceptors (Lipinski definition) is 4. The molecule has 2 aromatic rings. The Morgan fingerprint density at radius 1 is 1.04 bits per heavy atom. The molecule has 2 aliphatic heterocycles. The van der Waals surface area contributed by atoms with Gasteiger partial charge in [-0.15, -0.1) is 0 Å². The minimum Gasteiger partial charge on any atom is -0.494 e. The largest absolute Gasteiger partial charge is 0.494 e. The van der Waals surface area contributed by atoms with Crippen molar-refractivity contribution in [1.29, 1.82) is 0 Å². The molecule has 1 fully saturated rings. The number of carbonyl (C=O) groups excluding carboxylic acids is 2. The molecule has 1 saturated heterocycles. The average Bonchev–Trinajstić information content (AvgIpc) is 2.97. The zero-order valence-corrected chi connectivity index (χ0v) is 14.9. The van der Waals surface area contributed by atoms with Gasteiger partial charge in [0.2, 0.25) is 5.91 Å². The lowest BCUT2D eigenvalue weighted by Gasteiger charge is -2.32. The van der Waals surface area contributed by atoms with E-state index in [-0.39, 0.29) is 24.3 Å². The average molecular weight is 350 g/mol. The molecule has 134 valence electrons. The number of anilines is 1. The fraction of sp³-hybridized carbons (Fsp3) is 0.333. The van der Waals surface area contributed by atoms with E-state index in [0.29, 0.717) is 12.3 Å². The van der Waals surface area contributed by atoms with Crippen LogP contribution in [-0.2, 0) is 22.6 Å². The molecule has 5 nitrogen and oxygen atoms in total. The Bertz CT molecular complexity index is 831. The van der Waals surface area contributed by atoms with E-state index in [1.807, 2.05) is 19.1 Å². The predicted octanol–water partition coefficient (Wildman–Crippen LogP) is 2.78. The van der Waals surface area contributed by atoms with Gasteiger partial charge in [0.15, 0.2) is 0 Å². The van der Waals surface area contributed by atoms with E-state index < -0.39 is 0 Å². The minimum absolute atomic E-state index is 0.126. The maximum Gasteiger partial charge on any atom is 0.251 e. The number of carbonyl (C=O) groups is 2. The number of ether oxygens (including phenoxy) is 1. The van der Waals surface area contributed by atoms with E-state index >= 15 is 0 Å². The molecule has 0 radical (unpaired) electrons. The van der Waals surface area contributed by atoms with Crippen LogP contribution in [-0.4, -0.2) is 35.9 Å². The van der Waals surface area contributed by atoms with Crippen molar-refractivity contribution < 1.29 is 14.3 Å². The highest BCUT2D eigenvalue weighted by Crippen LogP contribution is 2.30. The Labute approximate surface area is 153 Å².